The Labute approximate surface area is 169 Å². The number of halogens is 2. The monoisotopic (exact) mass is 428 g/mol. The van der Waals surface area contributed by atoms with Crippen LogP contribution < -0.4 is 10.0 Å². The molecule has 29 heavy (non-hydrogen) atoms. The number of nitrogens with zero attached hydrogens (tertiary/aromatic N) is 2. The third-order valence-corrected chi connectivity index (χ3v) is 7.32. The van der Waals surface area contributed by atoms with Gasteiger partial charge in [-0.3, -0.25) is 0 Å². The topological polar surface area (TPSA) is 97.1 Å². The standard InChI is InChI=1S/C19H26F2N4O3S/c1-19(2,3)29(26,27)22-11-12-7-9-13(10-8-12)23-18-24-17(25-28-18)14-5-4-6-15(20)16(14)21/h4-6,12-13,22H,7-11H2,1-3H3,(H,23,24,25)/t12-,13-. The Morgan fingerprint density at radius 2 is 1.86 bits per heavy atom. The van der Waals surface area contributed by atoms with Gasteiger partial charge in [0.1, 0.15) is 0 Å². The van der Waals surface area contributed by atoms with Gasteiger partial charge in [-0.2, -0.15) is 4.98 Å². The van der Waals surface area contributed by atoms with E-state index in [2.05, 4.69) is 20.2 Å². The molecular formula is C19H26F2N4O3S. The van der Waals surface area contributed by atoms with Crippen LogP contribution in [0.4, 0.5) is 14.8 Å². The van der Waals surface area contributed by atoms with Gasteiger partial charge in [-0.25, -0.2) is 21.9 Å². The lowest BCUT2D eigenvalue weighted by Gasteiger charge is -2.29. The quantitative estimate of drug-likeness (QED) is 0.728. The van der Waals surface area contributed by atoms with E-state index in [4.69, 9.17) is 4.52 Å². The summed E-state index contributed by atoms with van der Waals surface area (Å²) < 4.78 is 58.6. The van der Waals surface area contributed by atoms with E-state index in [1.807, 2.05) is 0 Å². The third-order valence-electron chi connectivity index (χ3n) is 5.16. The number of hydrogen-bond donors (Lipinski definition) is 2. The third kappa shape index (κ3) is 5.11. The summed E-state index contributed by atoms with van der Waals surface area (Å²) in [4.78, 5) is 4.10. The van der Waals surface area contributed by atoms with Gasteiger partial charge in [0.15, 0.2) is 11.6 Å². The summed E-state index contributed by atoms with van der Waals surface area (Å²) in [7, 11) is -3.35. The number of anilines is 1. The van der Waals surface area contributed by atoms with Gasteiger partial charge in [-0.1, -0.05) is 11.2 Å². The largest absolute Gasteiger partial charge is 0.335 e. The Morgan fingerprint density at radius 3 is 2.52 bits per heavy atom. The highest BCUT2D eigenvalue weighted by Crippen LogP contribution is 2.28. The van der Waals surface area contributed by atoms with Crippen molar-refractivity contribution in [1.82, 2.24) is 14.9 Å². The molecule has 10 heteroatoms. The van der Waals surface area contributed by atoms with E-state index in [1.165, 1.54) is 12.1 Å². The smallest absolute Gasteiger partial charge is 0.322 e. The van der Waals surface area contributed by atoms with Crippen LogP contribution in [0.5, 0.6) is 0 Å². The van der Waals surface area contributed by atoms with Gasteiger partial charge < -0.3 is 9.84 Å². The lowest BCUT2D eigenvalue weighted by Crippen LogP contribution is -2.42. The summed E-state index contributed by atoms with van der Waals surface area (Å²) >= 11 is 0. The predicted molar refractivity (Wildman–Crippen MR) is 106 cm³/mol. The van der Waals surface area contributed by atoms with Gasteiger partial charge >= 0.3 is 6.01 Å². The molecule has 2 aromatic rings. The van der Waals surface area contributed by atoms with E-state index in [-0.39, 0.29) is 29.4 Å². The molecule has 0 bridgehead atoms. The van der Waals surface area contributed by atoms with Gasteiger partial charge in [0, 0.05) is 12.6 Å². The summed E-state index contributed by atoms with van der Waals surface area (Å²) in [5, 5.41) is 6.84. The van der Waals surface area contributed by atoms with Gasteiger partial charge in [0.2, 0.25) is 15.8 Å². The summed E-state index contributed by atoms with van der Waals surface area (Å²) in [6, 6.07) is 4.04. The minimum absolute atomic E-state index is 0.0187. The van der Waals surface area contributed by atoms with Crippen molar-refractivity contribution in [2.45, 2.75) is 57.2 Å². The van der Waals surface area contributed by atoms with Crippen LogP contribution in [-0.2, 0) is 10.0 Å². The minimum Gasteiger partial charge on any atom is -0.335 e. The number of hydrogen-bond acceptors (Lipinski definition) is 6. The fraction of sp³-hybridized carbons (Fsp3) is 0.579. The average molecular weight is 429 g/mol. The van der Waals surface area contributed by atoms with Crippen molar-refractivity contribution in [3.05, 3.63) is 29.8 Å². The second-order valence-electron chi connectivity index (χ2n) is 8.35. The lowest BCUT2D eigenvalue weighted by molar-refractivity contribution is 0.329. The van der Waals surface area contributed by atoms with E-state index in [9.17, 15) is 17.2 Å². The van der Waals surface area contributed by atoms with E-state index >= 15 is 0 Å². The van der Waals surface area contributed by atoms with E-state index in [0.717, 1.165) is 31.7 Å². The molecule has 1 aromatic heterocycles. The van der Waals surface area contributed by atoms with Crippen LogP contribution in [0.25, 0.3) is 11.4 Å². The minimum atomic E-state index is -3.35. The van der Waals surface area contributed by atoms with Crippen molar-refractivity contribution in [2.75, 3.05) is 11.9 Å². The van der Waals surface area contributed by atoms with Gasteiger partial charge in [0.25, 0.3) is 0 Å². The lowest BCUT2D eigenvalue weighted by atomic mass is 9.86. The molecule has 2 N–H and O–H groups in total. The maximum atomic E-state index is 13.9. The first-order valence-electron chi connectivity index (χ1n) is 9.60. The van der Waals surface area contributed by atoms with Crippen molar-refractivity contribution in [1.29, 1.82) is 0 Å². The van der Waals surface area contributed by atoms with Crippen LogP contribution >= 0.6 is 0 Å². The van der Waals surface area contributed by atoms with Gasteiger partial charge in [-0.05, 0) is 64.5 Å². The molecule has 0 atom stereocenters. The molecule has 1 fully saturated rings. The molecule has 0 amide bonds. The van der Waals surface area contributed by atoms with Crippen molar-refractivity contribution in [3.8, 4) is 11.4 Å². The van der Waals surface area contributed by atoms with Crippen molar-refractivity contribution >= 4 is 16.0 Å². The normalized spacial score (nSPS) is 20.6. The van der Waals surface area contributed by atoms with Crippen LogP contribution in [0, 0.1) is 17.6 Å². The molecule has 3 rings (SSSR count). The van der Waals surface area contributed by atoms with Crippen LogP contribution in [-0.4, -0.2) is 35.9 Å². The summed E-state index contributed by atoms with van der Waals surface area (Å²) in [5.41, 5.74) is -0.0587. The highest BCUT2D eigenvalue weighted by Gasteiger charge is 2.30. The van der Waals surface area contributed by atoms with Crippen LogP contribution in [0.15, 0.2) is 22.7 Å². The Kier molecular flexibility index (Phi) is 6.23. The Bertz CT molecular complexity index is 949. The molecule has 160 valence electrons. The maximum Gasteiger partial charge on any atom is 0.322 e. The second kappa shape index (κ2) is 8.35. The van der Waals surface area contributed by atoms with Crippen LogP contribution in [0.1, 0.15) is 46.5 Å². The first-order valence-corrected chi connectivity index (χ1v) is 11.1. The van der Waals surface area contributed by atoms with Gasteiger partial charge in [0.05, 0.1) is 10.3 Å². The number of aromatic nitrogens is 2. The number of benzene rings is 1. The second-order valence-corrected chi connectivity index (χ2v) is 10.9. The van der Waals surface area contributed by atoms with Crippen molar-refractivity contribution in [2.24, 2.45) is 5.92 Å². The molecular weight excluding hydrogens is 402 g/mol. The highest BCUT2D eigenvalue weighted by molar-refractivity contribution is 7.90. The highest BCUT2D eigenvalue weighted by atomic mass is 32.2. The molecule has 1 aliphatic carbocycles. The molecule has 0 saturated heterocycles. The molecule has 0 radical (unpaired) electrons. The number of nitrogens with one attached hydrogen (secondary N) is 2. The molecule has 0 spiro atoms. The van der Waals surface area contributed by atoms with Crippen molar-refractivity contribution < 1.29 is 21.7 Å². The fourth-order valence-corrected chi connectivity index (χ4v) is 4.09. The zero-order valence-electron chi connectivity index (χ0n) is 16.7. The van der Waals surface area contributed by atoms with Gasteiger partial charge in [-0.15, -0.1) is 0 Å². The van der Waals surface area contributed by atoms with E-state index in [0.29, 0.717) is 6.54 Å². The van der Waals surface area contributed by atoms with E-state index in [1.54, 1.807) is 20.8 Å². The number of rotatable bonds is 6. The zero-order valence-corrected chi connectivity index (χ0v) is 17.5. The molecule has 1 heterocycles. The first-order chi connectivity index (χ1) is 13.6. The molecule has 7 nitrogen and oxygen atoms in total. The maximum absolute atomic E-state index is 13.9. The SMILES string of the molecule is CC(C)(C)S(=O)(=O)NC[C@H]1CC[C@H](Nc2nc(-c3cccc(F)c3F)no2)CC1. The Morgan fingerprint density at radius 1 is 1.17 bits per heavy atom. The Hall–Kier alpha value is -2.07. The van der Waals surface area contributed by atoms with E-state index < -0.39 is 26.4 Å². The fourth-order valence-electron chi connectivity index (χ4n) is 3.20. The Balaban J connectivity index is 1.52. The molecule has 1 aliphatic rings. The summed E-state index contributed by atoms with van der Waals surface area (Å²) in [5.74, 6) is -1.74. The molecule has 0 aliphatic heterocycles. The predicted octanol–water partition coefficient (Wildman–Crippen LogP) is 3.70. The average Bonchev–Trinajstić information content (AvgIpc) is 3.11. The summed E-state index contributed by atoms with van der Waals surface area (Å²) in [6.45, 7) is 5.44. The van der Waals surface area contributed by atoms with Crippen molar-refractivity contribution in [3.63, 3.8) is 0 Å². The van der Waals surface area contributed by atoms with Crippen LogP contribution in [0.3, 0.4) is 0 Å². The van der Waals surface area contributed by atoms with Crippen LogP contribution in [0.2, 0.25) is 0 Å². The molecule has 0 unspecified atom stereocenters. The summed E-state index contributed by atoms with van der Waals surface area (Å²) in [6.07, 6.45) is 3.33. The molecule has 1 aromatic carbocycles. The number of sulfonamides is 1. The first kappa shape index (κ1) is 21.6. The zero-order chi connectivity index (χ0) is 21.2. The molecule has 1 saturated carbocycles.